The molecule has 1 heterocycles. The SMILES string of the molecule is Cn1cnnc1SCc1ccc(C(=O)N/N=C/c2c(O)ccc3ccccc23)cc1. The van der Waals surface area contributed by atoms with Gasteiger partial charge in [-0.2, -0.15) is 5.10 Å². The molecule has 1 aromatic heterocycles. The van der Waals surface area contributed by atoms with Gasteiger partial charge in [0.25, 0.3) is 5.91 Å². The van der Waals surface area contributed by atoms with Crippen molar-refractivity contribution in [1.82, 2.24) is 20.2 Å². The Hall–Kier alpha value is -3.65. The zero-order valence-corrected chi connectivity index (χ0v) is 17.0. The number of hydrogen-bond acceptors (Lipinski definition) is 6. The number of hydrogen-bond donors (Lipinski definition) is 2. The highest BCUT2D eigenvalue weighted by Crippen LogP contribution is 2.25. The number of benzene rings is 3. The molecule has 7 nitrogen and oxygen atoms in total. The van der Waals surface area contributed by atoms with Crippen molar-refractivity contribution in [2.24, 2.45) is 12.1 Å². The summed E-state index contributed by atoms with van der Waals surface area (Å²) >= 11 is 1.58. The van der Waals surface area contributed by atoms with Gasteiger partial charge in [0.05, 0.1) is 6.21 Å². The molecule has 2 N–H and O–H groups in total. The van der Waals surface area contributed by atoms with E-state index in [1.165, 1.54) is 6.21 Å². The highest BCUT2D eigenvalue weighted by atomic mass is 32.2. The van der Waals surface area contributed by atoms with Gasteiger partial charge in [-0.25, -0.2) is 5.43 Å². The summed E-state index contributed by atoms with van der Waals surface area (Å²) in [7, 11) is 1.90. The van der Waals surface area contributed by atoms with E-state index in [2.05, 4.69) is 20.7 Å². The second-order valence-corrected chi connectivity index (χ2v) is 7.57. The molecule has 3 aromatic carbocycles. The van der Waals surface area contributed by atoms with E-state index in [0.717, 1.165) is 27.2 Å². The smallest absolute Gasteiger partial charge is 0.271 e. The highest BCUT2D eigenvalue weighted by molar-refractivity contribution is 7.98. The minimum Gasteiger partial charge on any atom is -0.507 e. The van der Waals surface area contributed by atoms with Crippen molar-refractivity contribution in [2.75, 3.05) is 0 Å². The van der Waals surface area contributed by atoms with Crippen LogP contribution in [0.25, 0.3) is 10.8 Å². The fourth-order valence-electron chi connectivity index (χ4n) is 2.94. The van der Waals surface area contributed by atoms with E-state index < -0.39 is 0 Å². The molecule has 4 rings (SSSR count). The lowest BCUT2D eigenvalue weighted by atomic mass is 10.0. The molecule has 1 amide bonds. The van der Waals surface area contributed by atoms with Crippen LogP contribution in [0, 0.1) is 0 Å². The fourth-order valence-corrected chi connectivity index (χ4v) is 3.79. The van der Waals surface area contributed by atoms with Crippen molar-refractivity contribution < 1.29 is 9.90 Å². The molecule has 0 saturated heterocycles. The van der Waals surface area contributed by atoms with Gasteiger partial charge in [0.15, 0.2) is 5.16 Å². The first-order valence-corrected chi connectivity index (χ1v) is 10.2. The first-order valence-electron chi connectivity index (χ1n) is 9.21. The van der Waals surface area contributed by atoms with Crippen LogP contribution >= 0.6 is 11.8 Å². The van der Waals surface area contributed by atoms with Crippen molar-refractivity contribution in [3.8, 4) is 5.75 Å². The number of amides is 1. The molecular weight excluding hydrogens is 398 g/mol. The van der Waals surface area contributed by atoms with E-state index in [9.17, 15) is 9.90 Å². The third kappa shape index (κ3) is 4.33. The van der Waals surface area contributed by atoms with Crippen LogP contribution in [-0.2, 0) is 12.8 Å². The molecule has 4 aromatic rings. The molecule has 8 heteroatoms. The maximum atomic E-state index is 12.4. The Morgan fingerprint density at radius 2 is 1.97 bits per heavy atom. The van der Waals surface area contributed by atoms with Crippen LogP contribution in [0.2, 0.25) is 0 Å². The second-order valence-electron chi connectivity index (χ2n) is 6.63. The van der Waals surface area contributed by atoms with Gasteiger partial charge in [-0.05, 0) is 34.5 Å². The van der Waals surface area contributed by atoms with E-state index in [1.54, 1.807) is 36.3 Å². The van der Waals surface area contributed by atoms with Gasteiger partial charge in [0.1, 0.15) is 12.1 Å². The number of aryl methyl sites for hydroxylation is 1. The van der Waals surface area contributed by atoms with Crippen LogP contribution in [0.3, 0.4) is 0 Å². The first-order chi connectivity index (χ1) is 14.6. The van der Waals surface area contributed by atoms with Gasteiger partial charge in [0.2, 0.25) is 0 Å². The quantitative estimate of drug-likeness (QED) is 0.283. The topological polar surface area (TPSA) is 92.4 Å². The summed E-state index contributed by atoms with van der Waals surface area (Å²) in [6.07, 6.45) is 3.12. The van der Waals surface area contributed by atoms with E-state index >= 15 is 0 Å². The van der Waals surface area contributed by atoms with E-state index in [1.807, 2.05) is 54.1 Å². The predicted octanol–water partition coefficient (Wildman–Crippen LogP) is 3.73. The van der Waals surface area contributed by atoms with Gasteiger partial charge < -0.3 is 9.67 Å². The number of thioether (sulfide) groups is 1. The number of hydrazone groups is 1. The molecular formula is C22H19N5O2S. The number of aromatic hydroxyl groups is 1. The number of aromatic nitrogens is 3. The molecule has 0 saturated carbocycles. The Kier molecular flexibility index (Phi) is 5.76. The van der Waals surface area contributed by atoms with Crippen molar-refractivity contribution >= 4 is 34.7 Å². The minimum atomic E-state index is -0.321. The van der Waals surface area contributed by atoms with Crippen LogP contribution in [0.5, 0.6) is 5.75 Å². The molecule has 0 atom stereocenters. The summed E-state index contributed by atoms with van der Waals surface area (Å²) in [5.74, 6) is 0.516. The Morgan fingerprint density at radius 1 is 1.17 bits per heavy atom. The number of rotatable bonds is 6. The van der Waals surface area contributed by atoms with Gasteiger partial charge in [-0.3, -0.25) is 4.79 Å². The average Bonchev–Trinajstić information content (AvgIpc) is 3.18. The number of carbonyl (C=O) groups is 1. The van der Waals surface area contributed by atoms with E-state index in [4.69, 9.17) is 0 Å². The Bertz CT molecular complexity index is 1220. The summed E-state index contributed by atoms with van der Waals surface area (Å²) in [6, 6.07) is 18.4. The molecule has 0 spiro atoms. The van der Waals surface area contributed by atoms with Crippen LogP contribution < -0.4 is 5.43 Å². The second kappa shape index (κ2) is 8.79. The molecule has 30 heavy (non-hydrogen) atoms. The molecule has 150 valence electrons. The summed E-state index contributed by atoms with van der Waals surface area (Å²) in [5.41, 5.74) is 4.65. The van der Waals surface area contributed by atoms with Crippen molar-refractivity contribution in [3.05, 3.63) is 83.7 Å². The van der Waals surface area contributed by atoms with Gasteiger partial charge in [-0.15, -0.1) is 10.2 Å². The third-order valence-corrected chi connectivity index (χ3v) is 5.67. The number of phenolic OH excluding ortho intramolecular Hbond substituents is 1. The third-order valence-electron chi connectivity index (χ3n) is 4.56. The van der Waals surface area contributed by atoms with Crippen molar-refractivity contribution in [3.63, 3.8) is 0 Å². The Balaban J connectivity index is 1.40. The Labute approximate surface area is 177 Å². The lowest BCUT2D eigenvalue weighted by Crippen LogP contribution is -2.17. The Morgan fingerprint density at radius 3 is 2.73 bits per heavy atom. The normalized spacial score (nSPS) is 11.2. The minimum absolute atomic E-state index is 0.108. The highest BCUT2D eigenvalue weighted by Gasteiger charge is 2.07. The predicted molar refractivity (Wildman–Crippen MR) is 118 cm³/mol. The zero-order chi connectivity index (χ0) is 20.9. The van der Waals surface area contributed by atoms with Crippen LogP contribution in [-0.4, -0.2) is 32.0 Å². The van der Waals surface area contributed by atoms with Crippen LogP contribution in [0.1, 0.15) is 21.5 Å². The molecule has 0 aliphatic heterocycles. The number of nitrogens with one attached hydrogen (secondary N) is 1. The molecule has 0 radical (unpaired) electrons. The van der Waals surface area contributed by atoms with Crippen LogP contribution in [0.15, 0.2) is 77.2 Å². The summed E-state index contributed by atoms with van der Waals surface area (Å²) in [4.78, 5) is 12.4. The fraction of sp³-hybridized carbons (Fsp3) is 0.0909. The lowest BCUT2D eigenvalue weighted by Gasteiger charge is -2.05. The zero-order valence-electron chi connectivity index (χ0n) is 16.2. The largest absolute Gasteiger partial charge is 0.507 e. The van der Waals surface area contributed by atoms with Crippen molar-refractivity contribution in [2.45, 2.75) is 10.9 Å². The van der Waals surface area contributed by atoms with Crippen LogP contribution in [0.4, 0.5) is 0 Å². The number of phenols is 1. The van der Waals surface area contributed by atoms with E-state index in [0.29, 0.717) is 11.1 Å². The van der Waals surface area contributed by atoms with E-state index in [-0.39, 0.29) is 11.7 Å². The molecule has 0 aliphatic carbocycles. The maximum absolute atomic E-state index is 12.4. The number of carbonyl (C=O) groups excluding carboxylic acids is 1. The van der Waals surface area contributed by atoms with Gasteiger partial charge >= 0.3 is 0 Å². The summed E-state index contributed by atoms with van der Waals surface area (Å²) < 4.78 is 1.86. The summed E-state index contributed by atoms with van der Waals surface area (Å²) in [6.45, 7) is 0. The molecule has 0 aliphatic rings. The van der Waals surface area contributed by atoms with Crippen molar-refractivity contribution in [1.29, 1.82) is 0 Å². The molecule has 0 unspecified atom stereocenters. The summed E-state index contributed by atoms with van der Waals surface area (Å²) in [5, 5.41) is 24.7. The number of fused-ring (bicyclic) bond motifs is 1. The average molecular weight is 417 g/mol. The first kappa shape index (κ1) is 19.7. The molecule has 0 bridgehead atoms. The monoisotopic (exact) mass is 417 g/mol. The molecule has 0 fully saturated rings. The maximum Gasteiger partial charge on any atom is 0.271 e. The standard InChI is InChI=1S/C22H19N5O2S/c1-27-14-24-26-22(27)30-13-15-6-8-17(9-7-15)21(29)25-23-12-19-18-5-3-2-4-16(18)10-11-20(19)28/h2-12,14,28H,13H2,1H3,(H,25,29)/b23-12+. The van der Waals surface area contributed by atoms with Gasteiger partial charge in [-0.1, -0.05) is 54.2 Å². The lowest BCUT2D eigenvalue weighted by molar-refractivity contribution is 0.0955. The number of nitrogens with zero attached hydrogens (tertiary/aromatic N) is 4. The van der Waals surface area contributed by atoms with Gasteiger partial charge in [0, 0.05) is 23.9 Å².